The minimum atomic E-state index is -3.63. The zero-order valence-electron chi connectivity index (χ0n) is 19.1. The molecule has 4 nitrogen and oxygen atoms in total. The molecule has 5 rings (SSSR count). The number of hydrogen-bond donors (Lipinski definition) is 0. The minimum Gasteiger partial charge on any atom is -0.298 e. The smallest absolute Gasteiger partial charge is 0.243 e. The third kappa shape index (κ3) is 3.06. The summed E-state index contributed by atoms with van der Waals surface area (Å²) in [5.74, 6) is 0.264. The van der Waals surface area contributed by atoms with Crippen molar-refractivity contribution in [3.8, 4) is 0 Å². The van der Waals surface area contributed by atoms with Crippen molar-refractivity contribution in [1.29, 1.82) is 0 Å². The van der Waals surface area contributed by atoms with Gasteiger partial charge in [-0.15, -0.1) is 0 Å². The average Bonchev–Trinajstić information content (AvgIpc) is 3.28. The van der Waals surface area contributed by atoms with Gasteiger partial charge in [-0.25, -0.2) is 8.42 Å². The molecule has 2 fully saturated rings. The maximum Gasteiger partial charge on any atom is 0.243 e. The van der Waals surface area contributed by atoms with Crippen LogP contribution in [-0.4, -0.2) is 31.6 Å². The molecular weight excluding hydrogens is 418 g/mol. The number of allylic oxidation sites excluding steroid dienone is 2. The second-order valence-electron chi connectivity index (χ2n) is 10.3. The Bertz CT molecular complexity index is 1280. The third-order valence-electron chi connectivity index (χ3n) is 7.47. The molecule has 5 heteroatoms. The van der Waals surface area contributed by atoms with Crippen LogP contribution in [-0.2, 0) is 14.8 Å². The van der Waals surface area contributed by atoms with E-state index >= 15 is 0 Å². The molecule has 3 aliphatic rings. The molecule has 0 spiro atoms. The predicted molar refractivity (Wildman–Crippen MR) is 126 cm³/mol. The van der Waals surface area contributed by atoms with Crippen molar-refractivity contribution in [2.24, 2.45) is 10.8 Å². The van der Waals surface area contributed by atoms with Gasteiger partial charge in [-0.3, -0.25) is 4.79 Å². The van der Waals surface area contributed by atoms with Crippen LogP contribution in [0.1, 0.15) is 44.7 Å². The Kier molecular flexibility index (Phi) is 4.67. The monoisotopic (exact) mass is 447 g/mol. The maximum atomic E-state index is 13.5. The number of sulfonamides is 1. The van der Waals surface area contributed by atoms with Crippen molar-refractivity contribution in [2.75, 3.05) is 13.1 Å². The van der Waals surface area contributed by atoms with E-state index in [0.717, 1.165) is 33.4 Å². The molecule has 2 aromatic rings. The van der Waals surface area contributed by atoms with Gasteiger partial charge in [0.2, 0.25) is 10.0 Å². The van der Waals surface area contributed by atoms with Crippen LogP contribution in [0.15, 0.2) is 76.2 Å². The summed E-state index contributed by atoms with van der Waals surface area (Å²) in [6.07, 6.45) is 1.33. The van der Waals surface area contributed by atoms with Gasteiger partial charge in [-0.2, -0.15) is 4.31 Å². The highest BCUT2D eigenvalue weighted by Crippen LogP contribution is 2.59. The van der Waals surface area contributed by atoms with Gasteiger partial charge in [-0.1, -0.05) is 67.4 Å². The van der Waals surface area contributed by atoms with E-state index < -0.39 is 20.9 Å². The summed E-state index contributed by atoms with van der Waals surface area (Å²) >= 11 is 0. The summed E-state index contributed by atoms with van der Waals surface area (Å²) in [7, 11) is -3.63. The summed E-state index contributed by atoms with van der Waals surface area (Å²) in [4.78, 5) is 13.8. The molecule has 166 valence electrons. The lowest BCUT2D eigenvalue weighted by Gasteiger charge is -2.33. The molecular formula is C27H29NO3S. The quantitative estimate of drug-likeness (QED) is 0.653. The van der Waals surface area contributed by atoms with E-state index in [-0.39, 0.29) is 5.78 Å². The molecule has 0 aromatic heterocycles. The highest BCUT2D eigenvalue weighted by Gasteiger charge is 2.56. The highest BCUT2D eigenvalue weighted by atomic mass is 32.2. The van der Waals surface area contributed by atoms with Crippen molar-refractivity contribution in [2.45, 2.75) is 45.4 Å². The van der Waals surface area contributed by atoms with E-state index in [4.69, 9.17) is 0 Å². The van der Waals surface area contributed by atoms with E-state index in [2.05, 4.69) is 19.1 Å². The standard InChI is InChI=1S/C27H29NO3S/c1-18-10-12-20(13-11-18)32(30,31)28-16-22-21(19-8-6-5-7-9-19)14-27(4)24(23(22)17-28)15-26(2,3)25(27)29/h5-13H,14-17H2,1-4H3. The van der Waals surface area contributed by atoms with Gasteiger partial charge in [0.25, 0.3) is 0 Å². The molecule has 1 atom stereocenters. The molecule has 2 aromatic carbocycles. The van der Waals surface area contributed by atoms with E-state index in [1.165, 1.54) is 0 Å². The summed E-state index contributed by atoms with van der Waals surface area (Å²) in [6, 6.07) is 17.1. The lowest BCUT2D eigenvalue weighted by Crippen LogP contribution is -2.32. The molecule has 1 saturated heterocycles. The van der Waals surface area contributed by atoms with Crippen LogP contribution in [0, 0.1) is 17.8 Å². The number of aryl methyl sites for hydroxylation is 1. The normalized spacial score (nSPS) is 25.3. The topological polar surface area (TPSA) is 54.5 Å². The molecule has 2 aliphatic carbocycles. The van der Waals surface area contributed by atoms with E-state index in [1.54, 1.807) is 16.4 Å². The van der Waals surface area contributed by atoms with Gasteiger partial charge in [0.15, 0.2) is 0 Å². The molecule has 32 heavy (non-hydrogen) atoms. The van der Waals surface area contributed by atoms with Gasteiger partial charge in [0, 0.05) is 18.5 Å². The van der Waals surface area contributed by atoms with Crippen LogP contribution in [0.25, 0.3) is 5.57 Å². The number of nitrogens with zero attached hydrogens (tertiary/aromatic N) is 1. The zero-order valence-corrected chi connectivity index (χ0v) is 19.9. The average molecular weight is 448 g/mol. The Hall–Kier alpha value is -2.50. The van der Waals surface area contributed by atoms with Gasteiger partial charge >= 0.3 is 0 Å². The highest BCUT2D eigenvalue weighted by molar-refractivity contribution is 7.89. The molecule has 0 amide bonds. The van der Waals surface area contributed by atoms with Crippen molar-refractivity contribution >= 4 is 21.4 Å². The number of fused-ring (bicyclic) bond motifs is 2. The maximum absolute atomic E-state index is 13.5. The molecule has 1 saturated carbocycles. The van der Waals surface area contributed by atoms with Crippen LogP contribution in [0.2, 0.25) is 0 Å². The zero-order chi connectivity index (χ0) is 22.9. The minimum absolute atomic E-state index is 0.264. The van der Waals surface area contributed by atoms with Crippen LogP contribution < -0.4 is 0 Å². The first-order chi connectivity index (χ1) is 15.0. The lowest BCUT2D eigenvalue weighted by atomic mass is 9.68. The Balaban J connectivity index is 1.67. The summed E-state index contributed by atoms with van der Waals surface area (Å²) in [5.41, 5.74) is 5.50. The number of carbonyl (C=O) groups is 1. The fourth-order valence-corrected chi connectivity index (χ4v) is 7.16. The van der Waals surface area contributed by atoms with Crippen molar-refractivity contribution in [3.05, 3.63) is 82.4 Å². The Labute approximate surface area is 190 Å². The number of Topliss-reactive ketones (excluding diaryl/α,β-unsaturated/α-hetero) is 1. The first kappa shape index (κ1) is 21.4. The number of rotatable bonds is 3. The molecule has 0 N–H and O–H groups in total. The van der Waals surface area contributed by atoms with Crippen LogP contribution in [0.4, 0.5) is 0 Å². The Morgan fingerprint density at radius 2 is 1.44 bits per heavy atom. The molecule has 1 aliphatic heterocycles. The van der Waals surface area contributed by atoms with Gasteiger partial charge < -0.3 is 0 Å². The molecule has 1 heterocycles. The fourth-order valence-electron chi connectivity index (χ4n) is 5.79. The van der Waals surface area contributed by atoms with Gasteiger partial charge in [-0.05, 0) is 61.1 Å². The fraction of sp³-hybridized carbons (Fsp3) is 0.370. The summed E-state index contributed by atoms with van der Waals surface area (Å²) in [6.45, 7) is 8.72. The van der Waals surface area contributed by atoms with Crippen LogP contribution in [0.5, 0.6) is 0 Å². The van der Waals surface area contributed by atoms with Gasteiger partial charge in [0.1, 0.15) is 5.78 Å². The molecule has 1 unspecified atom stereocenters. The van der Waals surface area contributed by atoms with E-state index in [1.807, 2.05) is 51.1 Å². The third-order valence-corrected chi connectivity index (χ3v) is 9.28. The van der Waals surface area contributed by atoms with E-state index in [0.29, 0.717) is 30.8 Å². The van der Waals surface area contributed by atoms with Crippen molar-refractivity contribution in [3.63, 3.8) is 0 Å². The Morgan fingerprint density at radius 3 is 2.09 bits per heavy atom. The van der Waals surface area contributed by atoms with E-state index in [9.17, 15) is 13.2 Å². The van der Waals surface area contributed by atoms with Crippen LogP contribution >= 0.6 is 0 Å². The van der Waals surface area contributed by atoms with Gasteiger partial charge in [0.05, 0.1) is 10.3 Å². The number of hydrogen-bond acceptors (Lipinski definition) is 3. The lowest BCUT2D eigenvalue weighted by molar-refractivity contribution is -0.130. The second-order valence-corrected chi connectivity index (χ2v) is 12.2. The van der Waals surface area contributed by atoms with Crippen molar-refractivity contribution < 1.29 is 13.2 Å². The first-order valence-corrected chi connectivity index (χ1v) is 12.6. The number of ketones is 1. The summed E-state index contributed by atoms with van der Waals surface area (Å²) in [5, 5.41) is 0. The second kappa shape index (κ2) is 7.00. The predicted octanol–water partition coefficient (Wildman–Crippen LogP) is 5.16. The molecule has 0 bridgehead atoms. The van der Waals surface area contributed by atoms with Crippen molar-refractivity contribution in [1.82, 2.24) is 4.31 Å². The largest absolute Gasteiger partial charge is 0.298 e. The van der Waals surface area contributed by atoms with Crippen LogP contribution in [0.3, 0.4) is 0 Å². The summed E-state index contributed by atoms with van der Waals surface area (Å²) < 4.78 is 28.6. The SMILES string of the molecule is Cc1ccc(S(=O)(=O)N2CC3=C(c4ccccc4)CC4(C)C(=O)C(C)(C)CC4=C3C2)cc1. The molecule has 0 radical (unpaired) electrons. The first-order valence-electron chi connectivity index (χ1n) is 11.2. The number of carbonyl (C=O) groups excluding carboxylic acids is 1. The Morgan fingerprint density at radius 1 is 0.812 bits per heavy atom. The number of benzene rings is 2.